The van der Waals surface area contributed by atoms with Crippen molar-refractivity contribution in [2.75, 3.05) is 11.9 Å². The SMILES string of the molecule is CC(C)N1CCc2c(sc(NC(=O)/C=C\c3ccccc3)c2C(N)=O)C1. The molecule has 3 rings (SSSR count). The minimum Gasteiger partial charge on any atom is -0.365 e. The molecule has 5 nitrogen and oxygen atoms in total. The molecule has 1 aromatic heterocycles. The third kappa shape index (κ3) is 4.03. The highest BCUT2D eigenvalue weighted by atomic mass is 32.1. The Kier molecular flexibility index (Phi) is 5.54. The van der Waals surface area contributed by atoms with Gasteiger partial charge in [-0.25, -0.2) is 0 Å². The normalized spacial score (nSPS) is 14.6. The first-order valence-corrected chi connectivity index (χ1v) is 9.50. The molecule has 0 saturated heterocycles. The largest absolute Gasteiger partial charge is 0.365 e. The summed E-state index contributed by atoms with van der Waals surface area (Å²) in [6.45, 7) is 5.99. The topological polar surface area (TPSA) is 75.4 Å². The predicted molar refractivity (Wildman–Crippen MR) is 106 cm³/mol. The Bertz CT molecular complexity index is 840. The second-order valence-electron chi connectivity index (χ2n) is 6.62. The van der Waals surface area contributed by atoms with Gasteiger partial charge in [-0.3, -0.25) is 14.5 Å². The zero-order valence-corrected chi connectivity index (χ0v) is 15.8. The summed E-state index contributed by atoms with van der Waals surface area (Å²) in [5.74, 6) is -0.751. The monoisotopic (exact) mass is 369 g/mol. The average molecular weight is 369 g/mol. The van der Waals surface area contributed by atoms with Crippen molar-refractivity contribution in [2.24, 2.45) is 5.73 Å². The van der Waals surface area contributed by atoms with Gasteiger partial charge >= 0.3 is 0 Å². The molecule has 1 aliphatic heterocycles. The molecular formula is C20H23N3O2S. The number of primary amides is 1. The molecule has 1 aromatic carbocycles. The van der Waals surface area contributed by atoms with Gasteiger partial charge in [-0.2, -0.15) is 0 Å². The quantitative estimate of drug-likeness (QED) is 0.794. The van der Waals surface area contributed by atoms with Crippen LogP contribution in [0.1, 0.15) is 40.2 Å². The van der Waals surface area contributed by atoms with Gasteiger partial charge in [-0.05, 0) is 37.5 Å². The van der Waals surface area contributed by atoms with Crippen molar-refractivity contribution >= 4 is 34.2 Å². The van der Waals surface area contributed by atoms with Gasteiger partial charge in [-0.15, -0.1) is 11.3 Å². The zero-order chi connectivity index (χ0) is 18.7. The van der Waals surface area contributed by atoms with Crippen LogP contribution in [-0.2, 0) is 17.8 Å². The van der Waals surface area contributed by atoms with Crippen LogP contribution < -0.4 is 11.1 Å². The predicted octanol–water partition coefficient (Wildman–Crippen LogP) is 3.27. The fourth-order valence-electron chi connectivity index (χ4n) is 3.10. The Morgan fingerprint density at radius 2 is 2.00 bits per heavy atom. The van der Waals surface area contributed by atoms with Crippen molar-refractivity contribution in [1.82, 2.24) is 4.90 Å². The van der Waals surface area contributed by atoms with E-state index in [4.69, 9.17) is 5.73 Å². The summed E-state index contributed by atoms with van der Waals surface area (Å²) >= 11 is 1.45. The molecule has 26 heavy (non-hydrogen) atoms. The summed E-state index contributed by atoms with van der Waals surface area (Å²) in [6.07, 6.45) is 3.99. The van der Waals surface area contributed by atoms with Gasteiger partial charge in [0.15, 0.2) is 0 Å². The van der Waals surface area contributed by atoms with Crippen molar-refractivity contribution in [3.63, 3.8) is 0 Å². The molecule has 0 atom stereocenters. The second-order valence-corrected chi connectivity index (χ2v) is 7.72. The summed E-state index contributed by atoms with van der Waals surface area (Å²) < 4.78 is 0. The molecule has 0 aliphatic carbocycles. The van der Waals surface area contributed by atoms with Crippen molar-refractivity contribution in [3.05, 3.63) is 58.0 Å². The number of anilines is 1. The molecular weight excluding hydrogens is 346 g/mol. The van der Waals surface area contributed by atoms with Crippen LogP contribution in [0.25, 0.3) is 6.08 Å². The smallest absolute Gasteiger partial charge is 0.251 e. The standard InChI is InChI=1S/C20H23N3O2S/c1-13(2)23-11-10-15-16(12-23)26-20(18(15)19(21)25)22-17(24)9-8-14-6-4-3-5-7-14/h3-9,13H,10-12H2,1-2H3,(H2,21,25)(H,22,24)/b9-8-. The first-order chi connectivity index (χ1) is 12.5. The Morgan fingerprint density at radius 3 is 2.65 bits per heavy atom. The maximum atomic E-state index is 12.3. The number of nitrogens with two attached hydrogens (primary N) is 1. The summed E-state index contributed by atoms with van der Waals surface area (Å²) in [5.41, 5.74) is 8.00. The molecule has 3 N–H and O–H groups in total. The van der Waals surface area contributed by atoms with Gasteiger partial charge in [0.05, 0.1) is 5.56 Å². The minimum absolute atomic E-state index is 0.268. The lowest BCUT2D eigenvalue weighted by molar-refractivity contribution is -0.111. The number of rotatable bonds is 5. The van der Waals surface area contributed by atoms with Crippen LogP contribution in [0.3, 0.4) is 0 Å². The first kappa shape index (κ1) is 18.4. The van der Waals surface area contributed by atoms with E-state index in [1.165, 1.54) is 17.4 Å². The van der Waals surface area contributed by atoms with Gasteiger partial charge in [0.2, 0.25) is 5.91 Å². The number of thiophene rings is 1. The maximum absolute atomic E-state index is 12.3. The van der Waals surface area contributed by atoms with Crippen LogP contribution in [0.5, 0.6) is 0 Å². The van der Waals surface area contributed by atoms with Gasteiger partial charge in [0, 0.05) is 30.1 Å². The number of nitrogens with zero attached hydrogens (tertiary/aromatic N) is 1. The third-order valence-corrected chi connectivity index (χ3v) is 5.66. The van der Waals surface area contributed by atoms with E-state index < -0.39 is 5.91 Å². The molecule has 0 bridgehead atoms. The lowest BCUT2D eigenvalue weighted by Gasteiger charge is -2.30. The average Bonchev–Trinajstić information content (AvgIpc) is 2.97. The summed E-state index contributed by atoms with van der Waals surface area (Å²) in [7, 11) is 0. The molecule has 0 unspecified atom stereocenters. The number of amides is 2. The second kappa shape index (κ2) is 7.85. The molecule has 2 amide bonds. The van der Waals surface area contributed by atoms with E-state index in [9.17, 15) is 9.59 Å². The Labute approximate surface area is 157 Å². The molecule has 1 aliphatic rings. The van der Waals surface area contributed by atoms with Crippen LogP contribution in [0, 0.1) is 0 Å². The van der Waals surface area contributed by atoms with E-state index in [-0.39, 0.29) is 5.91 Å². The number of carbonyl (C=O) groups is 2. The number of hydrogen-bond acceptors (Lipinski definition) is 4. The van der Waals surface area contributed by atoms with Crippen LogP contribution in [0.4, 0.5) is 5.00 Å². The number of nitrogens with one attached hydrogen (secondary N) is 1. The number of hydrogen-bond donors (Lipinski definition) is 2. The van der Waals surface area contributed by atoms with Gasteiger partial charge in [0.1, 0.15) is 5.00 Å². The first-order valence-electron chi connectivity index (χ1n) is 8.68. The van der Waals surface area contributed by atoms with E-state index in [2.05, 4.69) is 24.1 Å². The Morgan fingerprint density at radius 1 is 1.27 bits per heavy atom. The maximum Gasteiger partial charge on any atom is 0.251 e. The number of fused-ring (bicyclic) bond motifs is 1. The summed E-state index contributed by atoms with van der Waals surface area (Å²) in [4.78, 5) is 27.7. The highest BCUT2D eigenvalue weighted by molar-refractivity contribution is 7.17. The van der Waals surface area contributed by atoms with Gasteiger partial charge < -0.3 is 11.1 Å². The van der Waals surface area contributed by atoms with Crippen LogP contribution >= 0.6 is 11.3 Å². The molecule has 2 aromatic rings. The summed E-state index contributed by atoms with van der Waals surface area (Å²) in [6, 6.07) is 10.0. The third-order valence-electron chi connectivity index (χ3n) is 4.53. The van der Waals surface area contributed by atoms with Crippen molar-refractivity contribution < 1.29 is 9.59 Å². The van der Waals surface area contributed by atoms with E-state index in [0.717, 1.165) is 35.5 Å². The van der Waals surface area contributed by atoms with Crippen molar-refractivity contribution in [2.45, 2.75) is 32.9 Å². The molecule has 6 heteroatoms. The fourth-order valence-corrected chi connectivity index (χ4v) is 4.38. The Hall–Kier alpha value is -2.44. The minimum atomic E-state index is -0.483. The van der Waals surface area contributed by atoms with Crippen LogP contribution in [0.2, 0.25) is 0 Å². The van der Waals surface area contributed by atoms with Crippen LogP contribution in [0.15, 0.2) is 36.4 Å². The molecule has 0 radical (unpaired) electrons. The van der Waals surface area contributed by atoms with E-state index in [0.29, 0.717) is 16.6 Å². The summed E-state index contributed by atoms with van der Waals surface area (Å²) in [5, 5.41) is 3.39. The molecule has 0 saturated carbocycles. The van der Waals surface area contributed by atoms with E-state index in [1.807, 2.05) is 30.3 Å². The molecule has 0 spiro atoms. The van der Waals surface area contributed by atoms with E-state index >= 15 is 0 Å². The van der Waals surface area contributed by atoms with Gasteiger partial charge in [0.25, 0.3) is 5.91 Å². The van der Waals surface area contributed by atoms with Gasteiger partial charge in [-0.1, -0.05) is 30.3 Å². The van der Waals surface area contributed by atoms with Crippen LogP contribution in [-0.4, -0.2) is 29.3 Å². The zero-order valence-electron chi connectivity index (χ0n) is 15.0. The lowest BCUT2D eigenvalue weighted by Crippen LogP contribution is -2.35. The highest BCUT2D eigenvalue weighted by Crippen LogP contribution is 2.37. The lowest BCUT2D eigenvalue weighted by atomic mass is 10.0. The Balaban J connectivity index is 1.80. The molecule has 0 fully saturated rings. The molecule has 2 heterocycles. The van der Waals surface area contributed by atoms with Crippen molar-refractivity contribution in [3.8, 4) is 0 Å². The van der Waals surface area contributed by atoms with E-state index in [1.54, 1.807) is 6.08 Å². The number of benzene rings is 1. The molecule has 136 valence electrons. The van der Waals surface area contributed by atoms with Crippen molar-refractivity contribution in [1.29, 1.82) is 0 Å². The highest BCUT2D eigenvalue weighted by Gasteiger charge is 2.28. The fraction of sp³-hybridized carbons (Fsp3) is 0.300. The number of carbonyl (C=O) groups excluding carboxylic acids is 2.